The zero-order valence-corrected chi connectivity index (χ0v) is 19.0. The molecule has 0 aromatic heterocycles. The molecular weight excluding hydrogens is 404 g/mol. The average molecular weight is 437 g/mol. The number of benzene rings is 1. The number of methoxy groups -OCH3 is 1. The number of nitrogens with one attached hydrogen (secondary N) is 1. The molecule has 30 heavy (non-hydrogen) atoms. The molecule has 1 aromatic carbocycles. The first-order valence-corrected chi connectivity index (χ1v) is 11.2. The fourth-order valence-corrected chi connectivity index (χ4v) is 4.23. The molecule has 8 heteroatoms. The van der Waals surface area contributed by atoms with Crippen LogP contribution in [0.2, 0.25) is 5.02 Å². The van der Waals surface area contributed by atoms with E-state index in [0.29, 0.717) is 23.0 Å². The van der Waals surface area contributed by atoms with Gasteiger partial charge in [-0.2, -0.15) is 0 Å². The van der Waals surface area contributed by atoms with E-state index in [1.54, 1.807) is 13.2 Å². The minimum atomic E-state index is -0.273. The van der Waals surface area contributed by atoms with Crippen LogP contribution in [0.1, 0.15) is 31.7 Å². The maximum atomic E-state index is 12.8. The highest BCUT2D eigenvalue weighted by Gasteiger charge is 2.28. The van der Waals surface area contributed by atoms with E-state index < -0.39 is 0 Å². The van der Waals surface area contributed by atoms with Gasteiger partial charge in [-0.25, -0.2) is 0 Å². The monoisotopic (exact) mass is 436 g/mol. The van der Waals surface area contributed by atoms with Crippen LogP contribution < -0.4 is 10.1 Å². The van der Waals surface area contributed by atoms with E-state index in [1.165, 1.54) is 6.42 Å². The highest BCUT2D eigenvalue weighted by Crippen LogP contribution is 2.31. The molecule has 3 rings (SSSR count). The summed E-state index contributed by atoms with van der Waals surface area (Å²) in [6.07, 6.45) is 3.46. The Bertz CT molecular complexity index is 759. The fourth-order valence-electron chi connectivity index (χ4n) is 4.08. The Labute approximate surface area is 184 Å². The second kappa shape index (κ2) is 10.5. The van der Waals surface area contributed by atoms with Crippen LogP contribution in [0.4, 0.5) is 5.69 Å². The van der Waals surface area contributed by atoms with E-state index >= 15 is 0 Å². The summed E-state index contributed by atoms with van der Waals surface area (Å²) in [6.45, 7) is 9.19. The first-order chi connectivity index (χ1) is 14.4. The average Bonchev–Trinajstić information content (AvgIpc) is 2.76. The predicted octanol–water partition coefficient (Wildman–Crippen LogP) is 2.61. The third-order valence-electron chi connectivity index (χ3n) is 6.14. The van der Waals surface area contributed by atoms with Crippen molar-refractivity contribution in [3.63, 3.8) is 0 Å². The van der Waals surface area contributed by atoms with E-state index in [0.717, 1.165) is 57.7 Å². The SMILES string of the molecule is COc1cc(Cl)c(C)cc1NC(=O)[C@@H](C)N1CCN(CC(=O)N2CCCCC2)CC1. The van der Waals surface area contributed by atoms with Crippen molar-refractivity contribution >= 4 is 29.1 Å². The van der Waals surface area contributed by atoms with Crippen LogP contribution >= 0.6 is 11.6 Å². The number of piperidine rings is 1. The van der Waals surface area contributed by atoms with Gasteiger partial charge in [-0.3, -0.25) is 19.4 Å². The van der Waals surface area contributed by atoms with Crippen LogP contribution in [0.25, 0.3) is 0 Å². The van der Waals surface area contributed by atoms with Crippen LogP contribution in [0, 0.1) is 6.92 Å². The number of halogens is 1. The number of carbonyl (C=O) groups is 2. The van der Waals surface area contributed by atoms with E-state index in [4.69, 9.17) is 16.3 Å². The summed E-state index contributed by atoms with van der Waals surface area (Å²) < 4.78 is 5.35. The molecule has 0 unspecified atom stereocenters. The standard InChI is InChI=1S/C22H33ClN4O3/c1-16-13-19(20(30-3)14-18(16)23)24-22(29)17(2)26-11-9-25(10-12-26)15-21(28)27-7-5-4-6-8-27/h13-14,17H,4-12,15H2,1-3H3,(H,24,29)/t17-/m1/s1. The molecule has 1 N–H and O–H groups in total. The number of piperazine rings is 1. The summed E-state index contributed by atoms with van der Waals surface area (Å²) in [4.78, 5) is 31.7. The summed E-state index contributed by atoms with van der Waals surface area (Å²) >= 11 is 6.15. The first kappa shape index (κ1) is 22.8. The molecular formula is C22H33ClN4O3. The molecule has 7 nitrogen and oxygen atoms in total. The number of carbonyl (C=O) groups excluding carboxylic acids is 2. The van der Waals surface area contributed by atoms with Gasteiger partial charge in [0.2, 0.25) is 11.8 Å². The van der Waals surface area contributed by atoms with Crippen LogP contribution in [0.15, 0.2) is 12.1 Å². The first-order valence-electron chi connectivity index (χ1n) is 10.8. The lowest BCUT2D eigenvalue weighted by atomic mass is 10.1. The smallest absolute Gasteiger partial charge is 0.241 e. The molecule has 0 saturated carbocycles. The number of hydrogen-bond donors (Lipinski definition) is 1. The molecule has 2 fully saturated rings. The van der Waals surface area contributed by atoms with Gasteiger partial charge < -0.3 is 15.0 Å². The van der Waals surface area contributed by atoms with E-state index in [-0.39, 0.29) is 17.9 Å². The molecule has 0 bridgehead atoms. The highest BCUT2D eigenvalue weighted by atomic mass is 35.5. The molecule has 0 radical (unpaired) electrons. The van der Waals surface area contributed by atoms with Crippen molar-refractivity contribution in [2.45, 2.75) is 39.2 Å². The Balaban J connectivity index is 1.50. The molecule has 166 valence electrons. The maximum Gasteiger partial charge on any atom is 0.241 e. The number of amides is 2. The van der Waals surface area contributed by atoms with Crippen molar-refractivity contribution in [3.8, 4) is 5.75 Å². The van der Waals surface area contributed by atoms with Crippen molar-refractivity contribution < 1.29 is 14.3 Å². The molecule has 0 aliphatic carbocycles. The molecule has 2 amide bonds. The minimum Gasteiger partial charge on any atom is -0.495 e. The molecule has 2 aliphatic heterocycles. The van der Waals surface area contributed by atoms with E-state index in [2.05, 4.69) is 15.1 Å². The van der Waals surface area contributed by atoms with Gasteiger partial charge in [0.25, 0.3) is 0 Å². The maximum absolute atomic E-state index is 12.8. The minimum absolute atomic E-state index is 0.0761. The van der Waals surface area contributed by atoms with Gasteiger partial charge in [-0.05, 0) is 44.7 Å². The number of aryl methyl sites for hydroxylation is 1. The zero-order valence-electron chi connectivity index (χ0n) is 18.2. The van der Waals surface area contributed by atoms with Gasteiger partial charge >= 0.3 is 0 Å². The molecule has 2 saturated heterocycles. The van der Waals surface area contributed by atoms with Gasteiger partial charge in [0.1, 0.15) is 5.75 Å². The molecule has 1 aromatic rings. The highest BCUT2D eigenvalue weighted by molar-refractivity contribution is 6.31. The molecule has 2 heterocycles. The summed E-state index contributed by atoms with van der Waals surface area (Å²) in [5.41, 5.74) is 1.51. The molecule has 0 spiro atoms. The second-order valence-corrected chi connectivity index (χ2v) is 8.63. The van der Waals surface area contributed by atoms with Gasteiger partial charge in [0.05, 0.1) is 25.4 Å². The zero-order chi connectivity index (χ0) is 21.7. The van der Waals surface area contributed by atoms with Crippen molar-refractivity contribution in [1.82, 2.24) is 14.7 Å². The fraction of sp³-hybridized carbons (Fsp3) is 0.636. The lowest BCUT2D eigenvalue weighted by Gasteiger charge is -2.38. The van der Waals surface area contributed by atoms with Gasteiger partial charge in [-0.15, -0.1) is 0 Å². The lowest BCUT2D eigenvalue weighted by Crippen LogP contribution is -2.54. The van der Waals surface area contributed by atoms with Crippen molar-refractivity contribution in [1.29, 1.82) is 0 Å². The quantitative estimate of drug-likeness (QED) is 0.742. The summed E-state index contributed by atoms with van der Waals surface area (Å²) in [5.74, 6) is 0.708. The van der Waals surface area contributed by atoms with Crippen LogP contribution in [-0.4, -0.2) is 85.5 Å². The number of ether oxygens (including phenoxy) is 1. The van der Waals surface area contributed by atoms with Gasteiger partial charge in [-0.1, -0.05) is 11.6 Å². The van der Waals surface area contributed by atoms with Crippen molar-refractivity contribution in [2.75, 3.05) is 58.2 Å². The van der Waals surface area contributed by atoms with E-state index in [9.17, 15) is 9.59 Å². The van der Waals surface area contributed by atoms with Crippen molar-refractivity contribution in [3.05, 3.63) is 22.7 Å². The Morgan fingerprint density at radius 1 is 1.10 bits per heavy atom. The molecule has 2 aliphatic rings. The summed E-state index contributed by atoms with van der Waals surface area (Å²) in [6, 6.07) is 3.27. The normalized spacial score (nSPS) is 19.4. The van der Waals surface area contributed by atoms with Gasteiger partial charge in [0, 0.05) is 50.4 Å². The number of likely N-dealkylation sites (tertiary alicyclic amines) is 1. The predicted molar refractivity (Wildman–Crippen MR) is 119 cm³/mol. The van der Waals surface area contributed by atoms with Gasteiger partial charge in [0.15, 0.2) is 0 Å². The number of rotatable bonds is 6. The van der Waals surface area contributed by atoms with Crippen LogP contribution in [0.3, 0.4) is 0 Å². The largest absolute Gasteiger partial charge is 0.495 e. The number of nitrogens with zero attached hydrogens (tertiary/aromatic N) is 3. The Kier molecular flexibility index (Phi) is 7.97. The third-order valence-corrected chi connectivity index (χ3v) is 6.55. The number of anilines is 1. The van der Waals surface area contributed by atoms with Crippen LogP contribution in [0.5, 0.6) is 5.75 Å². The summed E-state index contributed by atoms with van der Waals surface area (Å²) in [7, 11) is 1.56. The summed E-state index contributed by atoms with van der Waals surface area (Å²) in [5, 5.41) is 3.58. The molecule has 1 atom stereocenters. The Morgan fingerprint density at radius 2 is 1.77 bits per heavy atom. The third kappa shape index (κ3) is 5.65. The van der Waals surface area contributed by atoms with E-state index in [1.807, 2.05) is 24.8 Å². The Morgan fingerprint density at radius 3 is 2.40 bits per heavy atom. The van der Waals surface area contributed by atoms with Crippen molar-refractivity contribution in [2.24, 2.45) is 0 Å². The number of hydrogen-bond acceptors (Lipinski definition) is 5. The second-order valence-electron chi connectivity index (χ2n) is 8.22. The lowest BCUT2D eigenvalue weighted by molar-refractivity contribution is -0.134. The van der Waals surface area contributed by atoms with Crippen LogP contribution in [-0.2, 0) is 9.59 Å². The Hall–Kier alpha value is -1.83. The topological polar surface area (TPSA) is 65.1 Å².